The minimum atomic E-state index is -0.495. The summed E-state index contributed by atoms with van der Waals surface area (Å²) >= 11 is 0. The second-order valence-electron chi connectivity index (χ2n) is 6.39. The van der Waals surface area contributed by atoms with Crippen molar-refractivity contribution >= 4 is 0 Å². The molecule has 0 saturated carbocycles. The van der Waals surface area contributed by atoms with Crippen LogP contribution in [0.25, 0.3) is 11.4 Å². The molecule has 2 aromatic carbocycles. The van der Waals surface area contributed by atoms with Crippen LogP contribution in [0.1, 0.15) is 38.2 Å². The minimum Gasteiger partial charge on any atom is -0.493 e. The molecule has 0 aliphatic rings. The van der Waals surface area contributed by atoms with Gasteiger partial charge in [-0.2, -0.15) is 5.10 Å². The molecule has 3 rings (SSSR count). The molecular weight excluding hydrogens is 384 g/mol. The maximum absolute atomic E-state index is 6.45. The van der Waals surface area contributed by atoms with Gasteiger partial charge in [0.25, 0.3) is 0 Å². The lowest BCUT2D eigenvalue weighted by atomic mass is 10.1. The predicted molar refractivity (Wildman–Crippen MR) is 114 cm³/mol. The van der Waals surface area contributed by atoms with Crippen molar-refractivity contribution in [3.8, 4) is 34.4 Å². The average Bonchev–Trinajstić information content (AvgIpc) is 3.25. The van der Waals surface area contributed by atoms with Gasteiger partial charge in [-0.3, -0.25) is 5.10 Å². The Balaban J connectivity index is 1.87. The van der Waals surface area contributed by atoms with Crippen LogP contribution in [0.2, 0.25) is 0 Å². The first kappa shape index (κ1) is 21.4. The number of nitrogens with zero attached hydrogens (tertiary/aromatic N) is 2. The van der Waals surface area contributed by atoms with E-state index in [2.05, 4.69) is 15.2 Å². The molecule has 0 aliphatic heterocycles. The molecule has 1 aromatic heterocycles. The third-order valence-electron chi connectivity index (χ3n) is 4.45. The first-order valence-electron chi connectivity index (χ1n) is 9.99. The van der Waals surface area contributed by atoms with E-state index in [-0.39, 0.29) is 0 Å². The van der Waals surface area contributed by atoms with Gasteiger partial charge in [0.05, 0.1) is 33.0 Å². The maximum atomic E-state index is 6.45. The van der Waals surface area contributed by atoms with E-state index < -0.39 is 6.04 Å². The standard InChI is InChI=1S/C22H28N4O4/c1-5-28-17-11-8-14(12-19(17)30-7-3)20(23)22-24-21(25-26-22)15-9-10-16(27-4)18(13-15)29-6-2/h8-13,20H,5-7,23H2,1-4H3,(H,24,25,26)/t20-/m0/s1. The van der Waals surface area contributed by atoms with Gasteiger partial charge < -0.3 is 24.7 Å². The summed E-state index contributed by atoms with van der Waals surface area (Å²) in [6.45, 7) is 7.40. The quantitative estimate of drug-likeness (QED) is 0.523. The van der Waals surface area contributed by atoms with Crippen molar-refractivity contribution in [3.63, 3.8) is 0 Å². The fourth-order valence-electron chi connectivity index (χ4n) is 3.05. The fourth-order valence-corrected chi connectivity index (χ4v) is 3.05. The lowest BCUT2D eigenvalue weighted by Gasteiger charge is -2.15. The van der Waals surface area contributed by atoms with E-state index in [9.17, 15) is 0 Å². The van der Waals surface area contributed by atoms with Crippen LogP contribution in [0.5, 0.6) is 23.0 Å². The van der Waals surface area contributed by atoms with Gasteiger partial charge in [-0.1, -0.05) is 6.07 Å². The molecule has 0 bridgehead atoms. The molecule has 3 N–H and O–H groups in total. The molecular formula is C22H28N4O4. The zero-order chi connectivity index (χ0) is 21.5. The van der Waals surface area contributed by atoms with E-state index >= 15 is 0 Å². The van der Waals surface area contributed by atoms with Gasteiger partial charge in [0.2, 0.25) is 0 Å². The second-order valence-corrected chi connectivity index (χ2v) is 6.39. The van der Waals surface area contributed by atoms with Crippen molar-refractivity contribution in [1.82, 2.24) is 15.2 Å². The molecule has 8 nitrogen and oxygen atoms in total. The Labute approximate surface area is 176 Å². The number of hydrogen-bond donors (Lipinski definition) is 2. The smallest absolute Gasteiger partial charge is 0.181 e. The highest BCUT2D eigenvalue weighted by Crippen LogP contribution is 2.33. The monoisotopic (exact) mass is 412 g/mol. The number of benzene rings is 2. The van der Waals surface area contributed by atoms with Crippen LogP contribution in [-0.4, -0.2) is 42.1 Å². The van der Waals surface area contributed by atoms with E-state index in [1.807, 2.05) is 57.2 Å². The molecule has 3 aromatic rings. The Hall–Kier alpha value is -3.26. The molecule has 1 heterocycles. The highest BCUT2D eigenvalue weighted by Gasteiger charge is 2.18. The molecule has 0 saturated heterocycles. The maximum Gasteiger partial charge on any atom is 0.181 e. The number of aromatic nitrogens is 3. The summed E-state index contributed by atoms with van der Waals surface area (Å²) in [6.07, 6.45) is 0. The Morgan fingerprint density at radius 2 is 1.50 bits per heavy atom. The molecule has 0 fully saturated rings. The first-order chi connectivity index (χ1) is 14.6. The number of nitrogens with two attached hydrogens (primary N) is 1. The van der Waals surface area contributed by atoms with Crippen LogP contribution in [0.4, 0.5) is 0 Å². The van der Waals surface area contributed by atoms with Gasteiger partial charge in [-0.25, -0.2) is 4.98 Å². The van der Waals surface area contributed by atoms with Crippen molar-refractivity contribution in [1.29, 1.82) is 0 Å². The highest BCUT2D eigenvalue weighted by molar-refractivity contribution is 5.61. The topological polar surface area (TPSA) is 105 Å². The lowest BCUT2D eigenvalue weighted by Crippen LogP contribution is -2.14. The normalized spacial score (nSPS) is 11.8. The van der Waals surface area contributed by atoms with Crippen molar-refractivity contribution < 1.29 is 18.9 Å². The van der Waals surface area contributed by atoms with Crippen LogP contribution in [0, 0.1) is 0 Å². The second kappa shape index (κ2) is 9.98. The average molecular weight is 412 g/mol. The molecule has 0 spiro atoms. The number of aromatic amines is 1. The van der Waals surface area contributed by atoms with Gasteiger partial charge in [0, 0.05) is 5.56 Å². The zero-order valence-corrected chi connectivity index (χ0v) is 17.8. The molecule has 160 valence electrons. The lowest BCUT2D eigenvalue weighted by molar-refractivity contribution is 0.287. The van der Waals surface area contributed by atoms with Gasteiger partial charge in [-0.05, 0) is 56.7 Å². The number of hydrogen-bond acceptors (Lipinski definition) is 7. The van der Waals surface area contributed by atoms with E-state index in [1.165, 1.54) is 0 Å². The summed E-state index contributed by atoms with van der Waals surface area (Å²) in [4.78, 5) is 4.59. The fraction of sp³-hybridized carbons (Fsp3) is 0.364. The Bertz CT molecular complexity index is 974. The number of rotatable bonds is 10. The summed E-state index contributed by atoms with van der Waals surface area (Å²) in [5.41, 5.74) is 8.09. The summed E-state index contributed by atoms with van der Waals surface area (Å²) in [6, 6.07) is 10.7. The van der Waals surface area contributed by atoms with Crippen molar-refractivity contribution in [2.75, 3.05) is 26.9 Å². The SMILES string of the molecule is CCOc1cc(-c2n[nH]c([C@@H](N)c3ccc(OCC)c(OCC)c3)n2)ccc1OC. The van der Waals surface area contributed by atoms with Gasteiger partial charge in [-0.15, -0.1) is 0 Å². The van der Waals surface area contributed by atoms with Crippen molar-refractivity contribution in [2.24, 2.45) is 5.73 Å². The zero-order valence-electron chi connectivity index (χ0n) is 17.8. The predicted octanol–water partition coefficient (Wildman–Crippen LogP) is 3.72. The van der Waals surface area contributed by atoms with E-state index in [0.717, 1.165) is 11.1 Å². The summed E-state index contributed by atoms with van der Waals surface area (Å²) in [5, 5.41) is 7.27. The number of methoxy groups -OCH3 is 1. The van der Waals surface area contributed by atoms with Gasteiger partial charge in [0.15, 0.2) is 28.8 Å². The number of H-pyrrole nitrogens is 1. The van der Waals surface area contributed by atoms with Crippen molar-refractivity contribution in [2.45, 2.75) is 26.8 Å². The van der Waals surface area contributed by atoms with Gasteiger partial charge >= 0.3 is 0 Å². The van der Waals surface area contributed by atoms with Crippen molar-refractivity contribution in [3.05, 3.63) is 47.8 Å². The summed E-state index contributed by atoms with van der Waals surface area (Å²) < 4.78 is 22.3. The van der Waals surface area contributed by atoms with Crippen LogP contribution >= 0.6 is 0 Å². The molecule has 0 aliphatic carbocycles. The minimum absolute atomic E-state index is 0.495. The summed E-state index contributed by atoms with van der Waals surface area (Å²) in [5.74, 6) is 3.72. The molecule has 1 atom stereocenters. The molecule has 8 heteroatoms. The van der Waals surface area contributed by atoms with E-state index in [0.29, 0.717) is 54.5 Å². The number of nitrogens with one attached hydrogen (secondary N) is 1. The number of ether oxygens (including phenoxy) is 4. The summed E-state index contributed by atoms with van der Waals surface area (Å²) in [7, 11) is 1.61. The van der Waals surface area contributed by atoms with Crippen LogP contribution in [0.15, 0.2) is 36.4 Å². The molecule has 0 radical (unpaired) electrons. The third kappa shape index (κ3) is 4.65. The Morgan fingerprint density at radius 1 is 0.867 bits per heavy atom. The van der Waals surface area contributed by atoms with Crippen LogP contribution in [0.3, 0.4) is 0 Å². The third-order valence-corrected chi connectivity index (χ3v) is 4.45. The highest BCUT2D eigenvalue weighted by atomic mass is 16.5. The van der Waals surface area contributed by atoms with Gasteiger partial charge in [0.1, 0.15) is 5.82 Å². The first-order valence-corrected chi connectivity index (χ1v) is 9.99. The van der Waals surface area contributed by atoms with E-state index in [1.54, 1.807) is 7.11 Å². The Kier molecular flexibility index (Phi) is 7.13. The molecule has 30 heavy (non-hydrogen) atoms. The van der Waals surface area contributed by atoms with E-state index in [4.69, 9.17) is 24.7 Å². The largest absolute Gasteiger partial charge is 0.493 e. The Morgan fingerprint density at radius 3 is 2.17 bits per heavy atom. The van der Waals surface area contributed by atoms with Crippen LogP contribution in [-0.2, 0) is 0 Å². The molecule has 0 amide bonds. The van der Waals surface area contributed by atoms with Crippen LogP contribution < -0.4 is 24.7 Å². The molecule has 0 unspecified atom stereocenters.